The minimum atomic E-state index is -0.630. The van der Waals surface area contributed by atoms with E-state index in [1.165, 1.54) is 10.0 Å². The Morgan fingerprint density at radius 1 is 0.793 bits per heavy atom. The minimum absolute atomic E-state index is 0.331. The van der Waals surface area contributed by atoms with Crippen LogP contribution >= 0.6 is 0 Å². The van der Waals surface area contributed by atoms with Gasteiger partial charge in [-0.2, -0.15) is 10.0 Å². The molecule has 1 aliphatic rings. The van der Waals surface area contributed by atoms with Crippen molar-refractivity contribution in [1.29, 1.82) is 0 Å². The predicted octanol–water partition coefficient (Wildman–Crippen LogP) is 5.39. The Hall–Kier alpha value is -3.28. The molecule has 6 nitrogen and oxygen atoms in total. The van der Waals surface area contributed by atoms with Gasteiger partial charge < -0.3 is 9.47 Å². The highest BCUT2D eigenvalue weighted by Gasteiger charge is 2.43. The van der Waals surface area contributed by atoms with Crippen LogP contribution in [0.25, 0.3) is 5.70 Å². The Balaban J connectivity index is 2.11. The minimum Gasteiger partial charge on any atom is -0.445 e. The lowest BCUT2D eigenvalue weighted by molar-refractivity contribution is -0.0111. The molecule has 0 spiro atoms. The van der Waals surface area contributed by atoms with Gasteiger partial charge in [-0.05, 0) is 39.3 Å². The van der Waals surface area contributed by atoms with Crippen molar-refractivity contribution in [2.45, 2.75) is 45.9 Å². The summed E-state index contributed by atoms with van der Waals surface area (Å²) >= 11 is 0. The average Bonchev–Trinajstić information content (AvgIpc) is 3.09. The molecule has 2 amide bonds. The van der Waals surface area contributed by atoms with E-state index in [1.807, 2.05) is 66.7 Å². The Morgan fingerprint density at radius 2 is 1.31 bits per heavy atom. The fraction of sp³-hybridized carbons (Fsp3) is 0.304. The molecule has 0 unspecified atom stereocenters. The number of carbonyl (C=O) groups excluding carboxylic acids is 2. The molecule has 2 aromatic carbocycles. The highest BCUT2D eigenvalue weighted by Crippen LogP contribution is 2.39. The third kappa shape index (κ3) is 4.59. The van der Waals surface area contributed by atoms with Gasteiger partial charge in [0.25, 0.3) is 0 Å². The molecule has 29 heavy (non-hydrogen) atoms. The maximum absolute atomic E-state index is 13.0. The van der Waals surface area contributed by atoms with Gasteiger partial charge in [0.2, 0.25) is 0 Å². The number of hydrazine groups is 1. The van der Waals surface area contributed by atoms with E-state index in [0.29, 0.717) is 5.70 Å². The molecule has 0 fully saturated rings. The molecule has 1 aliphatic heterocycles. The van der Waals surface area contributed by atoms with Gasteiger partial charge in [-0.1, -0.05) is 60.7 Å². The van der Waals surface area contributed by atoms with Gasteiger partial charge >= 0.3 is 12.2 Å². The second kappa shape index (κ2) is 8.82. The number of carbonyl (C=O) groups is 2. The van der Waals surface area contributed by atoms with Crippen LogP contribution in [0.1, 0.15) is 44.9 Å². The van der Waals surface area contributed by atoms with E-state index in [-0.39, 0.29) is 12.2 Å². The molecule has 2 aromatic rings. The molecule has 0 N–H and O–H groups in total. The van der Waals surface area contributed by atoms with Crippen LogP contribution in [-0.2, 0) is 9.47 Å². The lowest BCUT2D eigenvalue weighted by Gasteiger charge is -2.33. The highest BCUT2D eigenvalue weighted by molar-refractivity contribution is 5.87. The van der Waals surface area contributed by atoms with E-state index >= 15 is 0 Å². The molecule has 0 bridgehead atoms. The van der Waals surface area contributed by atoms with Crippen LogP contribution in [0.3, 0.4) is 0 Å². The van der Waals surface area contributed by atoms with Crippen LogP contribution in [-0.4, -0.2) is 34.4 Å². The highest BCUT2D eigenvalue weighted by atomic mass is 16.6. The fourth-order valence-electron chi connectivity index (χ4n) is 3.13. The summed E-state index contributed by atoms with van der Waals surface area (Å²) in [4.78, 5) is 26.1. The van der Waals surface area contributed by atoms with Gasteiger partial charge in [-0.3, -0.25) is 0 Å². The number of amides is 2. The first kappa shape index (κ1) is 20.5. The van der Waals surface area contributed by atoms with Gasteiger partial charge in [-0.15, -0.1) is 0 Å². The molecule has 3 rings (SSSR count). The molecule has 1 heterocycles. The van der Waals surface area contributed by atoms with Crippen LogP contribution < -0.4 is 0 Å². The third-order valence-electron chi connectivity index (χ3n) is 4.27. The summed E-state index contributed by atoms with van der Waals surface area (Å²) in [5.41, 5.74) is 2.24. The van der Waals surface area contributed by atoms with E-state index < -0.39 is 18.2 Å². The van der Waals surface area contributed by atoms with Gasteiger partial charge in [0, 0.05) is 5.56 Å². The maximum Gasteiger partial charge on any atom is 0.434 e. The molecule has 0 saturated carbocycles. The van der Waals surface area contributed by atoms with Crippen LogP contribution in [0.2, 0.25) is 0 Å². The van der Waals surface area contributed by atoms with Gasteiger partial charge in [0.05, 0.1) is 17.9 Å². The molecular formula is C23H26N2O4. The van der Waals surface area contributed by atoms with Crippen molar-refractivity contribution in [3.05, 3.63) is 77.9 Å². The molecular weight excluding hydrogens is 368 g/mol. The van der Waals surface area contributed by atoms with Crippen molar-refractivity contribution >= 4 is 17.9 Å². The lowest BCUT2D eigenvalue weighted by Crippen LogP contribution is -2.47. The second-order valence-electron chi connectivity index (χ2n) is 7.29. The molecule has 0 aliphatic carbocycles. The summed E-state index contributed by atoms with van der Waals surface area (Å²) in [6.07, 6.45) is -0.0275. The van der Waals surface area contributed by atoms with E-state index in [4.69, 9.17) is 9.47 Å². The molecule has 0 radical (unpaired) electrons. The van der Waals surface area contributed by atoms with Crippen molar-refractivity contribution in [1.82, 2.24) is 10.0 Å². The summed E-state index contributed by atoms with van der Waals surface area (Å²) in [6, 6.07) is 18.5. The summed E-state index contributed by atoms with van der Waals surface area (Å²) in [6.45, 7) is 7.08. The average molecular weight is 394 g/mol. The SMILES string of the molecule is CC(C)OC(=O)N1C(c2ccccc2)=C[C@H](c2ccccc2)N1C(=O)OC(C)C. The largest absolute Gasteiger partial charge is 0.445 e. The monoisotopic (exact) mass is 394 g/mol. The van der Waals surface area contributed by atoms with Gasteiger partial charge in [0.15, 0.2) is 0 Å². The summed E-state index contributed by atoms with van der Waals surface area (Å²) in [5, 5.41) is 2.60. The van der Waals surface area contributed by atoms with Crippen LogP contribution in [0.4, 0.5) is 9.59 Å². The second-order valence-corrected chi connectivity index (χ2v) is 7.29. The number of nitrogens with zero attached hydrogens (tertiary/aromatic N) is 2. The van der Waals surface area contributed by atoms with Crippen LogP contribution in [0.15, 0.2) is 66.7 Å². The van der Waals surface area contributed by atoms with Gasteiger partial charge in [-0.25, -0.2) is 9.59 Å². The first-order valence-corrected chi connectivity index (χ1v) is 9.71. The topological polar surface area (TPSA) is 59.1 Å². The zero-order chi connectivity index (χ0) is 21.0. The summed E-state index contributed by atoms with van der Waals surface area (Å²) in [5.74, 6) is 0. The van der Waals surface area contributed by atoms with Crippen molar-refractivity contribution in [3.63, 3.8) is 0 Å². The van der Waals surface area contributed by atoms with Crippen molar-refractivity contribution < 1.29 is 19.1 Å². The standard InChI is InChI=1S/C23H26N2O4/c1-16(2)28-22(26)24-20(18-11-7-5-8-12-18)15-21(19-13-9-6-10-14-19)25(24)23(27)29-17(3)4/h5-17,20H,1-4H3/t20-/m1/s1. The Kier molecular flexibility index (Phi) is 6.22. The molecule has 1 atom stereocenters. The summed E-state index contributed by atoms with van der Waals surface area (Å²) in [7, 11) is 0. The Bertz CT molecular complexity index is 878. The number of hydrogen-bond donors (Lipinski definition) is 0. The van der Waals surface area contributed by atoms with E-state index in [2.05, 4.69) is 0 Å². The predicted molar refractivity (Wildman–Crippen MR) is 111 cm³/mol. The molecule has 6 heteroatoms. The maximum atomic E-state index is 13.0. The molecule has 152 valence electrons. The lowest BCUT2D eigenvalue weighted by atomic mass is 10.0. The normalized spacial score (nSPS) is 16.2. The van der Waals surface area contributed by atoms with Crippen molar-refractivity contribution in [3.8, 4) is 0 Å². The smallest absolute Gasteiger partial charge is 0.434 e. The number of rotatable bonds is 4. The van der Waals surface area contributed by atoms with Crippen molar-refractivity contribution in [2.75, 3.05) is 0 Å². The van der Waals surface area contributed by atoms with Crippen LogP contribution in [0.5, 0.6) is 0 Å². The molecule has 0 aromatic heterocycles. The fourth-order valence-corrected chi connectivity index (χ4v) is 3.13. The number of hydrogen-bond acceptors (Lipinski definition) is 4. The first-order valence-electron chi connectivity index (χ1n) is 9.71. The van der Waals surface area contributed by atoms with E-state index in [0.717, 1.165) is 11.1 Å². The van der Waals surface area contributed by atoms with E-state index in [9.17, 15) is 9.59 Å². The van der Waals surface area contributed by atoms with E-state index in [1.54, 1.807) is 27.7 Å². The first-order chi connectivity index (χ1) is 13.9. The Morgan fingerprint density at radius 3 is 1.86 bits per heavy atom. The van der Waals surface area contributed by atoms with Crippen LogP contribution in [0, 0.1) is 0 Å². The quantitative estimate of drug-likeness (QED) is 0.697. The van der Waals surface area contributed by atoms with Gasteiger partial charge in [0.1, 0.15) is 6.04 Å². The molecule has 0 saturated heterocycles. The van der Waals surface area contributed by atoms with Crippen molar-refractivity contribution in [2.24, 2.45) is 0 Å². The zero-order valence-electron chi connectivity index (χ0n) is 17.1. The number of benzene rings is 2. The Labute approximate surface area is 171 Å². The number of ether oxygens (including phenoxy) is 2. The summed E-state index contributed by atoms with van der Waals surface area (Å²) < 4.78 is 10.9. The third-order valence-corrected chi connectivity index (χ3v) is 4.27. The zero-order valence-corrected chi connectivity index (χ0v) is 17.1.